The van der Waals surface area contributed by atoms with Gasteiger partial charge in [-0.05, 0) is 25.5 Å². The van der Waals surface area contributed by atoms with Gasteiger partial charge < -0.3 is 4.74 Å². The second kappa shape index (κ2) is 5.30. The summed E-state index contributed by atoms with van der Waals surface area (Å²) in [7, 11) is 0. The molecule has 2 atom stereocenters. The van der Waals surface area contributed by atoms with Crippen LogP contribution in [0.15, 0.2) is 28.7 Å². The van der Waals surface area contributed by atoms with Crippen molar-refractivity contribution in [2.24, 2.45) is 0 Å². The molecule has 1 saturated heterocycles. The Morgan fingerprint density at radius 3 is 2.88 bits per heavy atom. The molecule has 0 spiro atoms. The van der Waals surface area contributed by atoms with Gasteiger partial charge >= 0.3 is 0 Å². The van der Waals surface area contributed by atoms with Gasteiger partial charge in [0.15, 0.2) is 0 Å². The molecule has 1 aliphatic heterocycles. The molecular weight excluding hydrogens is 266 g/mol. The van der Waals surface area contributed by atoms with Crippen LogP contribution in [0.4, 0.5) is 0 Å². The average Bonchev–Trinajstić information content (AvgIpc) is 2.29. The van der Waals surface area contributed by atoms with Crippen LogP contribution in [0.3, 0.4) is 0 Å². The van der Waals surface area contributed by atoms with Gasteiger partial charge in [0.25, 0.3) is 0 Å². The van der Waals surface area contributed by atoms with Gasteiger partial charge in [-0.2, -0.15) is 0 Å². The van der Waals surface area contributed by atoms with Gasteiger partial charge in [-0.3, -0.25) is 4.90 Å². The lowest BCUT2D eigenvalue weighted by molar-refractivity contribution is -0.0320. The topological polar surface area (TPSA) is 12.5 Å². The van der Waals surface area contributed by atoms with Crippen molar-refractivity contribution in [3.63, 3.8) is 0 Å². The molecule has 2 unspecified atom stereocenters. The normalized spacial score (nSPS) is 24.3. The van der Waals surface area contributed by atoms with Crippen LogP contribution < -0.4 is 0 Å². The molecule has 0 saturated carbocycles. The largest absolute Gasteiger partial charge is 0.376 e. The molecule has 2 rings (SSSR count). The minimum absolute atomic E-state index is 0.346. The smallest absolute Gasteiger partial charge is 0.0674 e. The summed E-state index contributed by atoms with van der Waals surface area (Å²) in [5.74, 6) is 0. The first kappa shape index (κ1) is 12.1. The number of nitrogens with zero attached hydrogens (tertiary/aromatic N) is 1. The molecular formula is C13H18BrNO. The molecule has 3 heteroatoms. The number of morpholine rings is 1. The predicted octanol–water partition coefficient (Wildman–Crippen LogP) is 3.23. The van der Waals surface area contributed by atoms with E-state index in [0.717, 1.165) is 19.7 Å². The molecule has 0 bridgehead atoms. The van der Waals surface area contributed by atoms with E-state index in [9.17, 15) is 0 Å². The number of hydrogen-bond acceptors (Lipinski definition) is 2. The first-order valence-electron chi connectivity index (χ1n) is 5.78. The highest BCUT2D eigenvalue weighted by Gasteiger charge is 2.23. The third-order valence-corrected chi connectivity index (χ3v) is 3.90. The zero-order chi connectivity index (χ0) is 11.5. The maximum absolute atomic E-state index is 5.57. The molecule has 1 aromatic rings. The van der Waals surface area contributed by atoms with Crippen LogP contribution in [0.5, 0.6) is 0 Å². The van der Waals surface area contributed by atoms with Crippen LogP contribution >= 0.6 is 15.9 Å². The lowest BCUT2D eigenvalue weighted by Gasteiger charge is -2.36. The lowest BCUT2D eigenvalue weighted by Crippen LogP contribution is -2.42. The molecule has 0 aliphatic carbocycles. The third kappa shape index (κ3) is 2.65. The molecule has 1 heterocycles. The van der Waals surface area contributed by atoms with Crippen molar-refractivity contribution in [1.82, 2.24) is 4.90 Å². The molecule has 16 heavy (non-hydrogen) atoms. The molecule has 1 aromatic carbocycles. The summed E-state index contributed by atoms with van der Waals surface area (Å²) >= 11 is 3.62. The maximum atomic E-state index is 5.57. The van der Waals surface area contributed by atoms with E-state index >= 15 is 0 Å². The summed E-state index contributed by atoms with van der Waals surface area (Å²) in [5, 5.41) is 0. The van der Waals surface area contributed by atoms with Crippen molar-refractivity contribution in [3.8, 4) is 0 Å². The third-order valence-electron chi connectivity index (χ3n) is 3.18. The Labute approximate surface area is 106 Å². The van der Waals surface area contributed by atoms with Crippen LogP contribution in [0.1, 0.15) is 25.5 Å². The fourth-order valence-electron chi connectivity index (χ4n) is 2.21. The van der Waals surface area contributed by atoms with Gasteiger partial charge in [0, 0.05) is 23.6 Å². The van der Waals surface area contributed by atoms with Crippen molar-refractivity contribution >= 4 is 15.9 Å². The Hall–Kier alpha value is -0.380. The second-order valence-electron chi connectivity index (χ2n) is 4.37. The highest BCUT2D eigenvalue weighted by atomic mass is 79.9. The van der Waals surface area contributed by atoms with Crippen molar-refractivity contribution in [2.75, 3.05) is 19.7 Å². The van der Waals surface area contributed by atoms with Crippen LogP contribution in [-0.2, 0) is 4.74 Å². The van der Waals surface area contributed by atoms with Crippen LogP contribution in [0, 0.1) is 0 Å². The van der Waals surface area contributed by atoms with Gasteiger partial charge in [-0.15, -0.1) is 0 Å². The molecule has 1 fully saturated rings. The van der Waals surface area contributed by atoms with E-state index in [4.69, 9.17) is 4.74 Å². The Morgan fingerprint density at radius 2 is 2.19 bits per heavy atom. The molecule has 0 aromatic heterocycles. The van der Waals surface area contributed by atoms with E-state index in [1.165, 1.54) is 10.0 Å². The van der Waals surface area contributed by atoms with Gasteiger partial charge in [-0.1, -0.05) is 34.1 Å². The Balaban J connectivity index is 2.12. The van der Waals surface area contributed by atoms with E-state index in [-0.39, 0.29) is 0 Å². The molecule has 0 N–H and O–H groups in total. The van der Waals surface area contributed by atoms with E-state index in [1.54, 1.807) is 0 Å². The zero-order valence-electron chi connectivity index (χ0n) is 9.82. The molecule has 2 nitrogen and oxygen atoms in total. The van der Waals surface area contributed by atoms with Gasteiger partial charge in [0.2, 0.25) is 0 Å². The molecule has 1 aliphatic rings. The SMILES string of the molecule is CC1CN(C(C)c2ccccc2Br)CCO1. The Morgan fingerprint density at radius 1 is 1.44 bits per heavy atom. The van der Waals surface area contributed by atoms with E-state index < -0.39 is 0 Å². The summed E-state index contributed by atoms with van der Waals surface area (Å²) in [6.07, 6.45) is 0.346. The number of benzene rings is 1. The van der Waals surface area contributed by atoms with E-state index in [1.807, 2.05) is 0 Å². The first-order valence-corrected chi connectivity index (χ1v) is 6.58. The zero-order valence-corrected chi connectivity index (χ0v) is 11.4. The summed E-state index contributed by atoms with van der Waals surface area (Å²) in [5.41, 5.74) is 1.36. The number of hydrogen-bond donors (Lipinski definition) is 0. The summed E-state index contributed by atoms with van der Waals surface area (Å²) in [6.45, 7) is 7.28. The number of ether oxygens (including phenoxy) is 1. The lowest BCUT2D eigenvalue weighted by atomic mass is 10.1. The minimum atomic E-state index is 0.346. The van der Waals surface area contributed by atoms with E-state index in [2.05, 4.69) is 58.9 Å². The van der Waals surface area contributed by atoms with Crippen LogP contribution in [-0.4, -0.2) is 30.7 Å². The predicted molar refractivity (Wildman–Crippen MR) is 69.5 cm³/mol. The van der Waals surface area contributed by atoms with Gasteiger partial charge in [-0.25, -0.2) is 0 Å². The standard InChI is InChI=1S/C13H18BrNO/c1-10-9-15(7-8-16-10)11(2)12-5-3-4-6-13(12)14/h3-6,10-11H,7-9H2,1-2H3. The Bertz CT molecular complexity index is 356. The molecule has 0 radical (unpaired) electrons. The fourth-order valence-corrected chi connectivity index (χ4v) is 2.82. The maximum Gasteiger partial charge on any atom is 0.0674 e. The van der Waals surface area contributed by atoms with Crippen molar-refractivity contribution in [1.29, 1.82) is 0 Å². The molecule has 88 valence electrons. The van der Waals surface area contributed by atoms with Crippen molar-refractivity contribution in [3.05, 3.63) is 34.3 Å². The first-order chi connectivity index (χ1) is 7.68. The summed E-state index contributed by atoms with van der Waals surface area (Å²) in [4.78, 5) is 2.48. The van der Waals surface area contributed by atoms with Crippen LogP contribution in [0.2, 0.25) is 0 Å². The minimum Gasteiger partial charge on any atom is -0.376 e. The second-order valence-corrected chi connectivity index (χ2v) is 5.23. The highest BCUT2D eigenvalue weighted by molar-refractivity contribution is 9.10. The van der Waals surface area contributed by atoms with Gasteiger partial charge in [0.1, 0.15) is 0 Å². The highest BCUT2D eigenvalue weighted by Crippen LogP contribution is 2.28. The number of halogens is 1. The van der Waals surface area contributed by atoms with E-state index in [0.29, 0.717) is 12.1 Å². The van der Waals surface area contributed by atoms with Crippen LogP contribution in [0.25, 0.3) is 0 Å². The molecule has 0 amide bonds. The Kier molecular flexibility index (Phi) is 4.00. The van der Waals surface area contributed by atoms with Crippen molar-refractivity contribution < 1.29 is 4.74 Å². The average molecular weight is 284 g/mol. The summed E-state index contributed by atoms with van der Waals surface area (Å²) in [6, 6.07) is 8.90. The summed E-state index contributed by atoms with van der Waals surface area (Å²) < 4.78 is 6.77. The fraction of sp³-hybridized carbons (Fsp3) is 0.538. The van der Waals surface area contributed by atoms with Crippen molar-refractivity contribution in [2.45, 2.75) is 26.0 Å². The quantitative estimate of drug-likeness (QED) is 0.826. The monoisotopic (exact) mass is 283 g/mol. The van der Waals surface area contributed by atoms with Gasteiger partial charge in [0.05, 0.1) is 12.7 Å². The number of rotatable bonds is 2.